The smallest absolute Gasteiger partial charge is 0.147 e. The number of nitrogens with one attached hydrogen (secondary N) is 1. The second kappa shape index (κ2) is 5.93. The second-order valence-corrected chi connectivity index (χ2v) is 5.05. The largest absolute Gasteiger partial charge is 0.352 e. The van der Waals surface area contributed by atoms with E-state index in [1.54, 1.807) is 18.2 Å². The molecule has 0 aliphatic rings. The summed E-state index contributed by atoms with van der Waals surface area (Å²) in [4.78, 5) is 0.783. The number of thioether (sulfide) groups is 1. The summed E-state index contributed by atoms with van der Waals surface area (Å²) in [6.07, 6.45) is 1.85. The molecule has 0 heterocycles. The first-order valence-electron chi connectivity index (χ1n) is 5.86. The summed E-state index contributed by atoms with van der Waals surface area (Å²) in [6, 6.07) is 9.53. The van der Waals surface area contributed by atoms with Crippen molar-refractivity contribution < 1.29 is 8.78 Å². The molecule has 20 heavy (non-hydrogen) atoms. The highest BCUT2D eigenvalue weighted by molar-refractivity contribution is 7.98. The van der Waals surface area contributed by atoms with Gasteiger partial charge in [-0.3, -0.25) is 0 Å². The molecule has 0 fully saturated rings. The van der Waals surface area contributed by atoms with E-state index in [2.05, 4.69) is 11.4 Å². The van der Waals surface area contributed by atoms with E-state index in [9.17, 15) is 14.0 Å². The molecule has 0 unspecified atom stereocenters. The molecule has 0 aliphatic carbocycles. The molecule has 2 nitrogen and oxygen atoms in total. The third kappa shape index (κ3) is 2.75. The molecule has 5 heteroatoms. The lowest BCUT2D eigenvalue weighted by atomic mass is 10.1. The Morgan fingerprint density at radius 2 is 1.90 bits per heavy atom. The molecule has 0 aromatic heterocycles. The molecule has 2 aromatic carbocycles. The third-order valence-electron chi connectivity index (χ3n) is 2.88. The summed E-state index contributed by atoms with van der Waals surface area (Å²) in [5, 5.41) is 12.0. The molecule has 0 saturated heterocycles. The van der Waals surface area contributed by atoms with Crippen LogP contribution >= 0.6 is 11.8 Å². The maximum absolute atomic E-state index is 13.8. The zero-order chi connectivity index (χ0) is 14.7. The first kappa shape index (κ1) is 14.4. The minimum Gasteiger partial charge on any atom is -0.352 e. The Kier molecular flexibility index (Phi) is 4.26. The average Bonchev–Trinajstić information content (AvgIpc) is 2.44. The molecule has 102 valence electrons. The van der Waals surface area contributed by atoms with E-state index in [0.29, 0.717) is 11.3 Å². The molecule has 1 N–H and O–H groups in total. The van der Waals surface area contributed by atoms with E-state index in [1.165, 1.54) is 18.7 Å². The minimum absolute atomic E-state index is 0.0165. The maximum Gasteiger partial charge on any atom is 0.147 e. The van der Waals surface area contributed by atoms with Crippen molar-refractivity contribution in [2.45, 2.75) is 11.8 Å². The summed E-state index contributed by atoms with van der Waals surface area (Å²) in [5.41, 5.74) is 1.14. The number of halogens is 2. The van der Waals surface area contributed by atoms with Crippen molar-refractivity contribution in [3.05, 3.63) is 53.1 Å². The highest BCUT2D eigenvalue weighted by Gasteiger charge is 2.11. The lowest BCUT2D eigenvalue weighted by molar-refractivity contribution is 0.595. The Morgan fingerprint density at radius 1 is 1.15 bits per heavy atom. The zero-order valence-corrected chi connectivity index (χ0v) is 11.8. The van der Waals surface area contributed by atoms with Gasteiger partial charge in [-0.2, -0.15) is 5.26 Å². The number of hydrogen-bond acceptors (Lipinski definition) is 3. The van der Waals surface area contributed by atoms with Crippen LogP contribution in [0.1, 0.15) is 11.1 Å². The van der Waals surface area contributed by atoms with Gasteiger partial charge in [0.2, 0.25) is 0 Å². The van der Waals surface area contributed by atoms with Crippen LogP contribution in [0.4, 0.5) is 20.2 Å². The Morgan fingerprint density at radius 3 is 2.55 bits per heavy atom. The van der Waals surface area contributed by atoms with Gasteiger partial charge < -0.3 is 5.32 Å². The fourth-order valence-electron chi connectivity index (χ4n) is 1.81. The molecular weight excluding hydrogens is 278 g/mol. The van der Waals surface area contributed by atoms with Gasteiger partial charge in [0.05, 0.1) is 16.9 Å². The van der Waals surface area contributed by atoms with Crippen LogP contribution in [0.25, 0.3) is 0 Å². The van der Waals surface area contributed by atoms with Crippen LogP contribution < -0.4 is 5.32 Å². The topological polar surface area (TPSA) is 35.8 Å². The van der Waals surface area contributed by atoms with Gasteiger partial charge in [0, 0.05) is 11.0 Å². The molecular formula is C15H12F2N2S. The quantitative estimate of drug-likeness (QED) is 0.838. The van der Waals surface area contributed by atoms with E-state index >= 15 is 0 Å². The Bertz CT molecular complexity index is 693. The van der Waals surface area contributed by atoms with Gasteiger partial charge in [-0.1, -0.05) is 6.07 Å². The van der Waals surface area contributed by atoms with E-state index in [1.807, 2.05) is 6.26 Å². The number of aryl methyl sites for hydroxylation is 1. The monoisotopic (exact) mass is 290 g/mol. The van der Waals surface area contributed by atoms with Crippen LogP contribution in [-0.4, -0.2) is 6.26 Å². The van der Waals surface area contributed by atoms with Crippen LogP contribution in [-0.2, 0) is 0 Å². The number of rotatable bonds is 3. The lowest BCUT2D eigenvalue weighted by Gasteiger charge is -2.12. The fourth-order valence-corrected chi connectivity index (χ4v) is 2.38. The predicted molar refractivity (Wildman–Crippen MR) is 77.3 cm³/mol. The van der Waals surface area contributed by atoms with Crippen LogP contribution in [0.3, 0.4) is 0 Å². The van der Waals surface area contributed by atoms with Crippen molar-refractivity contribution in [2.75, 3.05) is 11.6 Å². The molecule has 0 amide bonds. The number of anilines is 2. The van der Waals surface area contributed by atoms with Crippen molar-refractivity contribution in [1.82, 2.24) is 0 Å². The highest BCUT2D eigenvalue weighted by Crippen LogP contribution is 2.30. The van der Waals surface area contributed by atoms with Gasteiger partial charge in [-0.05, 0) is 36.9 Å². The van der Waals surface area contributed by atoms with E-state index in [0.717, 1.165) is 17.0 Å². The Labute approximate surface area is 120 Å². The Balaban J connectivity index is 2.46. The summed E-state index contributed by atoms with van der Waals surface area (Å²) in [5.74, 6) is -1.05. The van der Waals surface area contributed by atoms with Gasteiger partial charge >= 0.3 is 0 Å². The van der Waals surface area contributed by atoms with Gasteiger partial charge in [-0.25, -0.2) is 8.78 Å². The Hall–Kier alpha value is -2.06. The van der Waals surface area contributed by atoms with Crippen LogP contribution in [0.2, 0.25) is 0 Å². The number of benzene rings is 2. The SMILES string of the molecule is CSc1cccc(Nc2cc(F)c(C)cc2F)c1C#N. The fraction of sp³-hybridized carbons (Fsp3) is 0.133. The van der Waals surface area contributed by atoms with Gasteiger partial charge in [0.1, 0.15) is 17.7 Å². The molecule has 0 spiro atoms. The van der Waals surface area contributed by atoms with Crippen LogP contribution in [0, 0.1) is 29.9 Å². The maximum atomic E-state index is 13.8. The molecule has 2 rings (SSSR count). The zero-order valence-electron chi connectivity index (χ0n) is 11.0. The number of hydrogen-bond donors (Lipinski definition) is 1. The van der Waals surface area contributed by atoms with Crippen molar-refractivity contribution in [1.29, 1.82) is 5.26 Å². The normalized spacial score (nSPS) is 10.2. The minimum atomic E-state index is -0.553. The first-order chi connectivity index (χ1) is 9.56. The van der Waals surface area contributed by atoms with E-state index < -0.39 is 11.6 Å². The van der Waals surface area contributed by atoms with Crippen LogP contribution in [0.5, 0.6) is 0 Å². The molecule has 0 atom stereocenters. The summed E-state index contributed by atoms with van der Waals surface area (Å²) in [6.45, 7) is 1.50. The van der Waals surface area contributed by atoms with Crippen molar-refractivity contribution >= 4 is 23.1 Å². The molecule has 0 aliphatic heterocycles. The average molecular weight is 290 g/mol. The second-order valence-electron chi connectivity index (χ2n) is 4.20. The number of nitriles is 1. The van der Waals surface area contributed by atoms with Gasteiger partial charge in [-0.15, -0.1) is 11.8 Å². The lowest BCUT2D eigenvalue weighted by Crippen LogP contribution is -1.99. The summed E-state index contributed by atoms with van der Waals surface area (Å²) in [7, 11) is 0. The molecule has 2 aromatic rings. The molecule has 0 saturated carbocycles. The standard InChI is InChI=1S/C15H12F2N2S/c1-9-6-12(17)14(7-11(9)16)19-13-4-3-5-15(20-2)10(13)8-18/h3-7,19H,1-2H3. The summed E-state index contributed by atoms with van der Waals surface area (Å²) < 4.78 is 27.3. The first-order valence-corrected chi connectivity index (χ1v) is 7.09. The van der Waals surface area contributed by atoms with Crippen molar-refractivity contribution in [3.63, 3.8) is 0 Å². The third-order valence-corrected chi connectivity index (χ3v) is 3.66. The van der Waals surface area contributed by atoms with Crippen LogP contribution in [0.15, 0.2) is 35.2 Å². The van der Waals surface area contributed by atoms with E-state index in [-0.39, 0.29) is 11.3 Å². The molecule has 0 radical (unpaired) electrons. The van der Waals surface area contributed by atoms with Gasteiger partial charge in [0.15, 0.2) is 0 Å². The number of nitrogens with zero attached hydrogens (tertiary/aromatic N) is 1. The van der Waals surface area contributed by atoms with Gasteiger partial charge in [0.25, 0.3) is 0 Å². The molecule has 0 bridgehead atoms. The van der Waals surface area contributed by atoms with Crippen molar-refractivity contribution in [2.24, 2.45) is 0 Å². The highest BCUT2D eigenvalue weighted by atomic mass is 32.2. The van der Waals surface area contributed by atoms with Crippen molar-refractivity contribution in [3.8, 4) is 6.07 Å². The predicted octanol–water partition coefficient (Wildman–Crippen LogP) is 4.61. The van der Waals surface area contributed by atoms with E-state index in [4.69, 9.17) is 0 Å². The summed E-state index contributed by atoms with van der Waals surface area (Å²) >= 11 is 1.42.